The van der Waals surface area contributed by atoms with Gasteiger partial charge in [0.15, 0.2) is 5.13 Å². The molecule has 1 atom stereocenters. The van der Waals surface area contributed by atoms with Gasteiger partial charge < -0.3 is 4.74 Å². The minimum absolute atomic E-state index is 0.0267. The number of rotatable bonds is 8. The summed E-state index contributed by atoms with van der Waals surface area (Å²) in [6.07, 6.45) is 4.98. The summed E-state index contributed by atoms with van der Waals surface area (Å²) in [6, 6.07) is 7.80. The number of likely N-dealkylation sites (tertiary alicyclic amines) is 1. The average molecular weight is 419 g/mol. The number of halogens is 1. The molecule has 2 aromatic heterocycles. The van der Waals surface area contributed by atoms with Crippen molar-refractivity contribution in [2.45, 2.75) is 71.9 Å². The first-order valence-corrected chi connectivity index (χ1v) is 11.5. The van der Waals surface area contributed by atoms with Gasteiger partial charge in [-0.05, 0) is 91.1 Å². The number of pyridine rings is 1. The summed E-state index contributed by atoms with van der Waals surface area (Å²) in [5, 5.41) is -0.0980. The molecular formula is C24H35FN2OS. The maximum absolute atomic E-state index is 13.5. The van der Waals surface area contributed by atoms with Crippen molar-refractivity contribution >= 4 is 11.3 Å². The van der Waals surface area contributed by atoms with E-state index in [1.807, 2.05) is 19.2 Å². The third kappa shape index (κ3) is 4.57. The second-order valence-corrected chi connectivity index (χ2v) is 10.5. The topological polar surface area (TPSA) is 25.4 Å². The largest absolute Gasteiger partial charge is 0.375 e. The van der Waals surface area contributed by atoms with Gasteiger partial charge >= 0.3 is 0 Å². The maximum atomic E-state index is 13.5. The third-order valence-corrected chi connectivity index (χ3v) is 7.96. The van der Waals surface area contributed by atoms with Gasteiger partial charge in [0, 0.05) is 40.9 Å². The van der Waals surface area contributed by atoms with Crippen molar-refractivity contribution in [3.63, 3.8) is 0 Å². The van der Waals surface area contributed by atoms with Crippen molar-refractivity contribution in [2.75, 3.05) is 19.7 Å². The number of aromatic nitrogens is 1. The van der Waals surface area contributed by atoms with E-state index in [4.69, 9.17) is 4.74 Å². The van der Waals surface area contributed by atoms with Crippen molar-refractivity contribution in [3.8, 4) is 0 Å². The number of hydrogen-bond acceptors (Lipinski definition) is 4. The smallest absolute Gasteiger partial charge is 0.176 e. The number of aryl methyl sites for hydroxylation is 2. The second kappa shape index (κ2) is 8.44. The molecule has 1 fully saturated rings. The fraction of sp³-hybridized carbons (Fsp3) is 0.625. The van der Waals surface area contributed by atoms with Crippen molar-refractivity contribution in [2.24, 2.45) is 5.41 Å². The molecule has 0 radical (unpaired) electrons. The highest BCUT2D eigenvalue weighted by Crippen LogP contribution is 2.49. The summed E-state index contributed by atoms with van der Waals surface area (Å²) < 4.78 is 19.8. The van der Waals surface area contributed by atoms with Gasteiger partial charge in [-0.2, -0.15) is 4.39 Å². The van der Waals surface area contributed by atoms with E-state index in [0.29, 0.717) is 6.61 Å². The van der Waals surface area contributed by atoms with Crippen LogP contribution in [0.5, 0.6) is 0 Å². The highest BCUT2D eigenvalue weighted by atomic mass is 32.1. The number of nitrogens with zero attached hydrogens (tertiary/aromatic N) is 2. The lowest BCUT2D eigenvalue weighted by Gasteiger charge is -2.46. The van der Waals surface area contributed by atoms with Crippen LogP contribution in [0.2, 0.25) is 0 Å². The van der Waals surface area contributed by atoms with E-state index in [1.165, 1.54) is 16.9 Å². The van der Waals surface area contributed by atoms with Crippen LogP contribution >= 0.6 is 11.3 Å². The lowest BCUT2D eigenvalue weighted by Crippen LogP contribution is -2.50. The van der Waals surface area contributed by atoms with E-state index >= 15 is 0 Å². The Morgan fingerprint density at radius 2 is 1.97 bits per heavy atom. The molecule has 3 heterocycles. The lowest BCUT2D eigenvalue weighted by molar-refractivity contribution is -0.109. The van der Waals surface area contributed by atoms with E-state index in [9.17, 15) is 4.39 Å². The number of hydrogen-bond donors (Lipinski definition) is 0. The highest BCUT2D eigenvalue weighted by Gasteiger charge is 2.52. The Bertz CT molecular complexity index is 815. The first-order chi connectivity index (χ1) is 13.6. The van der Waals surface area contributed by atoms with E-state index in [1.54, 1.807) is 6.07 Å². The molecule has 1 aliphatic rings. The van der Waals surface area contributed by atoms with Crippen molar-refractivity contribution in [1.82, 2.24) is 9.88 Å². The Morgan fingerprint density at radius 3 is 2.55 bits per heavy atom. The first-order valence-electron chi connectivity index (χ1n) is 10.7. The van der Waals surface area contributed by atoms with Gasteiger partial charge in [0.05, 0.1) is 5.60 Å². The summed E-state index contributed by atoms with van der Waals surface area (Å²) in [6.45, 7) is 15.8. The van der Waals surface area contributed by atoms with Crippen LogP contribution in [-0.4, -0.2) is 35.2 Å². The van der Waals surface area contributed by atoms with Crippen LogP contribution in [0.1, 0.15) is 63.6 Å². The lowest BCUT2D eigenvalue weighted by atomic mass is 9.69. The molecule has 29 heavy (non-hydrogen) atoms. The van der Waals surface area contributed by atoms with E-state index < -0.39 is 0 Å². The monoisotopic (exact) mass is 418 g/mol. The fourth-order valence-electron chi connectivity index (χ4n) is 4.72. The van der Waals surface area contributed by atoms with Gasteiger partial charge in [0.2, 0.25) is 0 Å². The fourth-order valence-corrected chi connectivity index (χ4v) is 5.45. The van der Waals surface area contributed by atoms with Crippen LogP contribution in [0.25, 0.3) is 0 Å². The molecule has 1 saturated heterocycles. The predicted octanol–water partition coefficient (Wildman–Crippen LogP) is 5.97. The highest BCUT2D eigenvalue weighted by molar-refractivity contribution is 7.10. The van der Waals surface area contributed by atoms with E-state index in [-0.39, 0.29) is 21.7 Å². The molecule has 3 nitrogen and oxygen atoms in total. The molecule has 160 valence electrons. The van der Waals surface area contributed by atoms with Crippen LogP contribution in [0.4, 0.5) is 4.39 Å². The normalized spacial score (nSPS) is 21.1. The summed E-state index contributed by atoms with van der Waals surface area (Å²) in [5.41, 5.74) is 1.97. The number of ether oxygens (including phenoxy) is 1. The van der Waals surface area contributed by atoms with E-state index in [2.05, 4.69) is 56.6 Å². The van der Waals surface area contributed by atoms with Gasteiger partial charge in [-0.25, -0.2) is 0 Å². The molecule has 0 aromatic carbocycles. The Kier molecular flexibility index (Phi) is 6.52. The second-order valence-electron chi connectivity index (χ2n) is 9.35. The summed E-state index contributed by atoms with van der Waals surface area (Å²) in [7, 11) is 0. The minimum atomic E-state index is -0.242. The Hall–Kier alpha value is -1.30. The van der Waals surface area contributed by atoms with E-state index in [0.717, 1.165) is 42.9 Å². The number of thiophene rings is 1. The molecule has 2 aromatic rings. The zero-order valence-electron chi connectivity index (χ0n) is 18.7. The van der Waals surface area contributed by atoms with Crippen LogP contribution in [0, 0.1) is 17.5 Å². The SMILES string of the molecule is CCOC(C)(C)[C@]1(CCc2ccc(F)s2)CCN(C(C)(C)c2ccc(C)nc2)C1. The van der Waals surface area contributed by atoms with Gasteiger partial charge in [0.1, 0.15) is 0 Å². The molecule has 0 unspecified atom stereocenters. The quantitative estimate of drug-likeness (QED) is 0.528. The molecule has 0 bridgehead atoms. The molecule has 3 rings (SSSR count). The standard InChI is InChI=1S/C24H35FN2OS/c1-7-28-23(5,6)24(13-12-20-10-11-21(25)29-20)14-15-27(17-24)22(3,4)19-9-8-18(2)26-16-19/h8-11,16H,7,12-15,17H2,1-6H3/t24-/m1/s1. The van der Waals surface area contributed by atoms with Crippen LogP contribution in [0.3, 0.4) is 0 Å². The zero-order chi connectivity index (χ0) is 21.3. The Balaban J connectivity index is 1.84. The molecule has 0 spiro atoms. The first kappa shape index (κ1) is 22.4. The van der Waals surface area contributed by atoms with Crippen molar-refractivity contribution < 1.29 is 9.13 Å². The third-order valence-electron chi connectivity index (χ3n) is 7.02. The van der Waals surface area contributed by atoms with Crippen molar-refractivity contribution in [1.29, 1.82) is 0 Å². The van der Waals surface area contributed by atoms with Crippen LogP contribution < -0.4 is 0 Å². The molecule has 5 heteroatoms. The molecular weight excluding hydrogens is 383 g/mol. The Labute approximate surface area is 179 Å². The predicted molar refractivity (Wildman–Crippen MR) is 119 cm³/mol. The van der Waals surface area contributed by atoms with Crippen LogP contribution in [0.15, 0.2) is 30.5 Å². The molecule has 0 aliphatic carbocycles. The van der Waals surface area contributed by atoms with Gasteiger partial charge in [0.25, 0.3) is 0 Å². The summed E-state index contributed by atoms with van der Waals surface area (Å²) in [4.78, 5) is 8.22. The maximum Gasteiger partial charge on any atom is 0.176 e. The average Bonchev–Trinajstić information content (AvgIpc) is 3.28. The summed E-state index contributed by atoms with van der Waals surface area (Å²) in [5.74, 6) is 0. The minimum Gasteiger partial charge on any atom is -0.375 e. The Morgan fingerprint density at radius 1 is 1.21 bits per heavy atom. The van der Waals surface area contributed by atoms with Crippen molar-refractivity contribution in [3.05, 3.63) is 51.7 Å². The van der Waals surface area contributed by atoms with Gasteiger partial charge in [-0.3, -0.25) is 9.88 Å². The summed E-state index contributed by atoms with van der Waals surface area (Å²) >= 11 is 1.27. The van der Waals surface area contributed by atoms with Gasteiger partial charge in [-0.1, -0.05) is 6.07 Å². The molecule has 1 aliphatic heterocycles. The molecule has 0 amide bonds. The van der Waals surface area contributed by atoms with Gasteiger partial charge in [-0.15, -0.1) is 11.3 Å². The van der Waals surface area contributed by atoms with Crippen LogP contribution in [-0.2, 0) is 16.7 Å². The molecule has 0 N–H and O–H groups in total. The molecule has 0 saturated carbocycles. The zero-order valence-corrected chi connectivity index (χ0v) is 19.5.